The maximum absolute atomic E-state index is 6.62. The second kappa shape index (κ2) is 8.82. The van der Waals surface area contributed by atoms with Gasteiger partial charge in [-0.15, -0.1) is 0 Å². The third kappa shape index (κ3) is 3.85. The van der Waals surface area contributed by atoms with Gasteiger partial charge in [-0.1, -0.05) is 53.5 Å². The van der Waals surface area contributed by atoms with Crippen molar-refractivity contribution in [3.63, 3.8) is 0 Å². The molecule has 0 aliphatic heterocycles. The van der Waals surface area contributed by atoms with Gasteiger partial charge in [0.25, 0.3) is 0 Å². The van der Waals surface area contributed by atoms with E-state index < -0.39 is 0 Å². The van der Waals surface area contributed by atoms with Crippen molar-refractivity contribution >= 4 is 34.1 Å². The van der Waals surface area contributed by atoms with E-state index >= 15 is 0 Å². The van der Waals surface area contributed by atoms with Crippen LogP contribution in [0.5, 0.6) is 5.88 Å². The Labute approximate surface area is 207 Å². The van der Waals surface area contributed by atoms with Crippen molar-refractivity contribution in [3.05, 3.63) is 100 Å². The largest absolute Gasteiger partial charge is 0.473 e. The quantitative estimate of drug-likeness (QED) is 0.283. The standard InChI is InChI=1S/C27H22Cl2N4O/c28-21-9-10-22(29)27-18(21)7-4-8-25(27)33-14-24(32-16-33)20-12-30-23-13-31-26(11-19(20)23)34-15-17-5-2-1-3-6-17/h1-3,5-6,9-14,16,25,30H,4,7-8,15H2. The van der Waals surface area contributed by atoms with Crippen molar-refractivity contribution < 1.29 is 4.74 Å². The number of aromatic amines is 1. The van der Waals surface area contributed by atoms with Gasteiger partial charge in [0.15, 0.2) is 0 Å². The summed E-state index contributed by atoms with van der Waals surface area (Å²) < 4.78 is 8.10. The lowest BCUT2D eigenvalue weighted by atomic mass is 9.87. The highest BCUT2D eigenvalue weighted by Gasteiger charge is 2.26. The number of fused-ring (bicyclic) bond motifs is 2. The van der Waals surface area contributed by atoms with E-state index in [1.165, 1.54) is 0 Å². The van der Waals surface area contributed by atoms with Gasteiger partial charge in [0, 0.05) is 39.5 Å². The van der Waals surface area contributed by atoms with Crippen molar-refractivity contribution in [2.75, 3.05) is 0 Å². The number of nitrogens with zero attached hydrogens (tertiary/aromatic N) is 3. The summed E-state index contributed by atoms with van der Waals surface area (Å²) >= 11 is 13.1. The summed E-state index contributed by atoms with van der Waals surface area (Å²) in [6, 6.07) is 15.9. The molecule has 2 aromatic carbocycles. The lowest BCUT2D eigenvalue weighted by molar-refractivity contribution is 0.294. The van der Waals surface area contributed by atoms with Gasteiger partial charge in [-0.05, 0) is 48.1 Å². The van der Waals surface area contributed by atoms with Gasteiger partial charge in [0.05, 0.1) is 29.8 Å². The number of ether oxygens (including phenoxy) is 1. The van der Waals surface area contributed by atoms with Gasteiger partial charge in [-0.25, -0.2) is 9.97 Å². The topological polar surface area (TPSA) is 55.7 Å². The molecule has 7 heteroatoms. The molecule has 0 spiro atoms. The van der Waals surface area contributed by atoms with Crippen molar-refractivity contribution in [1.82, 2.24) is 19.5 Å². The Balaban J connectivity index is 1.31. The molecular weight excluding hydrogens is 467 g/mol. The molecule has 1 aliphatic carbocycles. The molecule has 0 radical (unpaired) electrons. The first kappa shape index (κ1) is 21.3. The summed E-state index contributed by atoms with van der Waals surface area (Å²) in [6.45, 7) is 0.470. The molecule has 1 N–H and O–H groups in total. The van der Waals surface area contributed by atoms with Crippen molar-refractivity contribution in [2.45, 2.75) is 31.9 Å². The maximum Gasteiger partial charge on any atom is 0.214 e. The molecule has 0 bridgehead atoms. The van der Waals surface area contributed by atoms with Crippen LogP contribution in [0.2, 0.25) is 10.0 Å². The fourth-order valence-electron chi connectivity index (χ4n) is 4.81. The van der Waals surface area contributed by atoms with Gasteiger partial charge in [0.1, 0.15) is 6.61 Å². The minimum Gasteiger partial charge on any atom is -0.473 e. The van der Waals surface area contributed by atoms with Crippen LogP contribution in [0.15, 0.2) is 73.4 Å². The molecule has 34 heavy (non-hydrogen) atoms. The average molecular weight is 489 g/mol. The van der Waals surface area contributed by atoms with Gasteiger partial charge in [0.2, 0.25) is 5.88 Å². The van der Waals surface area contributed by atoms with Crippen molar-refractivity contribution in [2.24, 2.45) is 0 Å². The molecular formula is C27H22Cl2N4O. The van der Waals surface area contributed by atoms with Crippen LogP contribution in [0.3, 0.4) is 0 Å². The van der Waals surface area contributed by atoms with Crippen molar-refractivity contribution in [3.8, 4) is 17.1 Å². The maximum atomic E-state index is 6.62. The molecule has 3 aromatic heterocycles. The number of pyridine rings is 1. The number of nitrogens with one attached hydrogen (secondary N) is 1. The van der Waals surface area contributed by atoms with Gasteiger partial charge in [-0.3, -0.25) is 0 Å². The predicted molar refractivity (Wildman–Crippen MR) is 136 cm³/mol. The molecule has 1 aliphatic rings. The lowest BCUT2D eigenvalue weighted by Gasteiger charge is -2.28. The highest BCUT2D eigenvalue weighted by Crippen LogP contribution is 2.41. The Kier molecular flexibility index (Phi) is 5.52. The summed E-state index contributed by atoms with van der Waals surface area (Å²) in [5.74, 6) is 0.583. The summed E-state index contributed by atoms with van der Waals surface area (Å²) in [6.07, 6.45) is 10.8. The molecule has 3 heterocycles. The van der Waals surface area contributed by atoms with Crippen LogP contribution in [0.1, 0.15) is 35.6 Å². The predicted octanol–water partition coefficient (Wildman–Crippen LogP) is 7.24. The van der Waals surface area contributed by atoms with E-state index in [1.54, 1.807) is 6.20 Å². The van der Waals surface area contributed by atoms with E-state index in [-0.39, 0.29) is 6.04 Å². The zero-order chi connectivity index (χ0) is 23.1. The normalized spacial score (nSPS) is 15.4. The van der Waals surface area contributed by atoms with E-state index in [2.05, 4.69) is 20.7 Å². The number of halogens is 2. The minimum absolute atomic E-state index is 0.118. The molecule has 6 rings (SSSR count). The molecule has 5 nitrogen and oxygen atoms in total. The number of hydrogen-bond donors (Lipinski definition) is 1. The number of benzene rings is 2. The van der Waals surface area contributed by atoms with Crippen molar-refractivity contribution in [1.29, 1.82) is 0 Å². The number of imidazole rings is 1. The number of H-pyrrole nitrogens is 1. The molecule has 1 unspecified atom stereocenters. The van der Waals surface area contributed by atoms with Crippen LogP contribution in [0.25, 0.3) is 22.2 Å². The third-order valence-corrected chi connectivity index (χ3v) is 7.18. The number of aromatic nitrogens is 4. The highest BCUT2D eigenvalue weighted by molar-refractivity contribution is 6.34. The number of rotatable bonds is 5. The second-order valence-corrected chi connectivity index (χ2v) is 9.39. The molecule has 5 aromatic rings. The Morgan fingerprint density at radius 3 is 2.79 bits per heavy atom. The summed E-state index contributed by atoms with van der Waals surface area (Å²) in [5, 5.41) is 2.57. The lowest BCUT2D eigenvalue weighted by Crippen LogP contribution is -2.17. The van der Waals surface area contributed by atoms with Crippen LogP contribution >= 0.6 is 23.2 Å². The van der Waals surface area contributed by atoms with Gasteiger partial charge < -0.3 is 14.3 Å². The van der Waals surface area contributed by atoms with E-state index in [4.69, 9.17) is 32.9 Å². The van der Waals surface area contributed by atoms with Gasteiger partial charge >= 0.3 is 0 Å². The Hall–Kier alpha value is -3.28. The van der Waals surface area contributed by atoms with E-state index in [0.29, 0.717) is 12.5 Å². The number of hydrogen-bond acceptors (Lipinski definition) is 3. The minimum atomic E-state index is 0.118. The first-order chi connectivity index (χ1) is 16.7. The van der Waals surface area contributed by atoms with Crippen LogP contribution < -0.4 is 4.74 Å². The third-order valence-electron chi connectivity index (χ3n) is 6.49. The SMILES string of the molecule is Clc1ccc(Cl)c2c1CCCC2n1cnc(-c2c[nH]c3cnc(OCc4ccccc4)cc23)c1. The summed E-state index contributed by atoms with van der Waals surface area (Å²) in [4.78, 5) is 12.5. The second-order valence-electron chi connectivity index (χ2n) is 8.58. The Morgan fingerprint density at radius 1 is 1.06 bits per heavy atom. The average Bonchev–Trinajstić information content (AvgIpc) is 3.52. The van der Waals surface area contributed by atoms with Crippen LogP contribution in [-0.2, 0) is 13.0 Å². The zero-order valence-corrected chi connectivity index (χ0v) is 19.9. The fraction of sp³-hybridized carbons (Fsp3) is 0.185. The van der Waals surface area contributed by atoms with E-state index in [9.17, 15) is 0 Å². The molecule has 0 fully saturated rings. The van der Waals surface area contributed by atoms with Gasteiger partial charge in [-0.2, -0.15) is 0 Å². The highest BCUT2D eigenvalue weighted by atomic mass is 35.5. The zero-order valence-electron chi connectivity index (χ0n) is 18.3. The first-order valence-corrected chi connectivity index (χ1v) is 12.1. The fourth-order valence-corrected chi connectivity index (χ4v) is 5.37. The molecule has 170 valence electrons. The molecule has 0 saturated carbocycles. The van der Waals surface area contributed by atoms with Crippen LogP contribution in [-0.4, -0.2) is 19.5 Å². The van der Waals surface area contributed by atoms with E-state index in [1.807, 2.05) is 61.1 Å². The molecule has 1 atom stereocenters. The van der Waals surface area contributed by atoms with E-state index in [0.717, 1.165) is 68.2 Å². The van der Waals surface area contributed by atoms with Crippen LogP contribution in [0, 0.1) is 0 Å². The Bertz CT molecular complexity index is 1480. The summed E-state index contributed by atoms with van der Waals surface area (Å²) in [7, 11) is 0. The monoisotopic (exact) mass is 488 g/mol. The first-order valence-electron chi connectivity index (χ1n) is 11.3. The Morgan fingerprint density at radius 2 is 1.91 bits per heavy atom. The summed E-state index contributed by atoms with van der Waals surface area (Å²) in [5.41, 5.74) is 6.20. The van der Waals surface area contributed by atoms with Crippen LogP contribution in [0.4, 0.5) is 0 Å². The molecule has 0 amide bonds. The molecule has 0 saturated heterocycles. The smallest absolute Gasteiger partial charge is 0.214 e.